The molecule has 4 heteroatoms. The predicted molar refractivity (Wildman–Crippen MR) is 73.3 cm³/mol. The average molecular weight is 272 g/mol. The van der Waals surface area contributed by atoms with Crippen LogP contribution in [0.5, 0.6) is 0 Å². The van der Waals surface area contributed by atoms with Gasteiger partial charge in [0.1, 0.15) is 17.8 Å². The van der Waals surface area contributed by atoms with Gasteiger partial charge < -0.3 is 18.9 Å². The Kier molecular flexibility index (Phi) is 3.76. The summed E-state index contributed by atoms with van der Waals surface area (Å²) in [5.41, 5.74) is -0.851. The Morgan fingerprint density at radius 3 is 2.21 bits per heavy atom. The Bertz CT molecular complexity index is 328. The first-order valence-corrected chi connectivity index (χ1v) is 7.14. The molecule has 0 spiro atoms. The highest BCUT2D eigenvalue weighted by atomic mass is 16.7. The first-order chi connectivity index (χ1) is 8.53. The molecular weight excluding hydrogens is 244 g/mol. The largest absolute Gasteiger partial charge is 0.373 e. The molecule has 2 aliphatic heterocycles. The number of hydrogen-bond acceptors (Lipinski definition) is 4. The van der Waals surface area contributed by atoms with Gasteiger partial charge in [0.25, 0.3) is 0 Å². The first-order valence-electron chi connectivity index (χ1n) is 7.14. The van der Waals surface area contributed by atoms with Crippen LogP contribution in [0.15, 0.2) is 0 Å². The molecule has 0 aliphatic carbocycles. The van der Waals surface area contributed by atoms with Gasteiger partial charge in [0, 0.05) is 0 Å². The fourth-order valence-corrected chi connectivity index (χ4v) is 2.68. The van der Waals surface area contributed by atoms with Gasteiger partial charge in [-0.2, -0.15) is 0 Å². The molecule has 2 saturated heterocycles. The van der Waals surface area contributed by atoms with E-state index in [-0.39, 0.29) is 29.5 Å². The number of ether oxygens (including phenoxy) is 4. The molecule has 19 heavy (non-hydrogen) atoms. The minimum atomic E-state index is -0.454. The Labute approximate surface area is 116 Å². The van der Waals surface area contributed by atoms with E-state index in [1.807, 2.05) is 6.92 Å². The molecule has 2 aliphatic rings. The molecule has 2 fully saturated rings. The van der Waals surface area contributed by atoms with Crippen molar-refractivity contribution in [2.24, 2.45) is 0 Å². The lowest BCUT2D eigenvalue weighted by molar-refractivity contribution is -0.190. The molecular formula is C15H28O4. The Morgan fingerprint density at radius 1 is 1.11 bits per heavy atom. The standard InChI is InChI=1S/C15H28O4/c1-10-11-12(19-14(5,6)7)15(18-10,8-16-11)9-17-13(2,3)4/h10-12H,8-9H2,1-7H3/t10-,11-,12-,15+/m0/s1. The van der Waals surface area contributed by atoms with Crippen molar-refractivity contribution in [2.45, 2.75) is 83.6 Å². The summed E-state index contributed by atoms with van der Waals surface area (Å²) in [6.45, 7) is 15.5. The smallest absolute Gasteiger partial charge is 0.144 e. The van der Waals surface area contributed by atoms with Gasteiger partial charge >= 0.3 is 0 Å². The molecule has 2 rings (SSSR count). The van der Waals surface area contributed by atoms with Gasteiger partial charge in [-0.25, -0.2) is 0 Å². The van der Waals surface area contributed by atoms with Crippen LogP contribution < -0.4 is 0 Å². The molecule has 2 heterocycles. The summed E-state index contributed by atoms with van der Waals surface area (Å²) in [5, 5.41) is 0. The van der Waals surface area contributed by atoms with Crippen LogP contribution in [-0.4, -0.2) is 48.3 Å². The van der Waals surface area contributed by atoms with E-state index in [1.165, 1.54) is 0 Å². The summed E-state index contributed by atoms with van der Waals surface area (Å²) in [5.74, 6) is 0. The van der Waals surface area contributed by atoms with Crippen molar-refractivity contribution in [1.82, 2.24) is 0 Å². The molecule has 112 valence electrons. The fourth-order valence-electron chi connectivity index (χ4n) is 2.68. The van der Waals surface area contributed by atoms with Crippen LogP contribution >= 0.6 is 0 Å². The molecule has 0 aromatic carbocycles. The molecule has 0 N–H and O–H groups in total. The summed E-state index contributed by atoms with van der Waals surface area (Å²) >= 11 is 0. The van der Waals surface area contributed by atoms with Gasteiger partial charge in [-0.3, -0.25) is 0 Å². The van der Waals surface area contributed by atoms with Gasteiger partial charge in [-0.05, 0) is 48.5 Å². The topological polar surface area (TPSA) is 36.9 Å². The van der Waals surface area contributed by atoms with Crippen molar-refractivity contribution in [3.05, 3.63) is 0 Å². The van der Waals surface area contributed by atoms with Crippen molar-refractivity contribution in [3.8, 4) is 0 Å². The molecule has 0 radical (unpaired) electrons. The number of hydrogen-bond donors (Lipinski definition) is 0. The van der Waals surface area contributed by atoms with Crippen LogP contribution in [0.4, 0.5) is 0 Å². The van der Waals surface area contributed by atoms with Crippen molar-refractivity contribution < 1.29 is 18.9 Å². The third-order valence-electron chi connectivity index (χ3n) is 3.45. The monoisotopic (exact) mass is 272 g/mol. The predicted octanol–water partition coefficient (Wildman–Crippen LogP) is 2.54. The average Bonchev–Trinajstić information content (AvgIpc) is 2.64. The van der Waals surface area contributed by atoms with Gasteiger partial charge in [0.05, 0.1) is 30.5 Å². The van der Waals surface area contributed by atoms with Crippen LogP contribution in [0.25, 0.3) is 0 Å². The zero-order chi connectivity index (χ0) is 14.5. The fraction of sp³-hybridized carbons (Fsp3) is 1.00. The maximum atomic E-state index is 6.19. The van der Waals surface area contributed by atoms with Crippen LogP contribution in [0.1, 0.15) is 48.5 Å². The van der Waals surface area contributed by atoms with Crippen LogP contribution in [-0.2, 0) is 18.9 Å². The van der Waals surface area contributed by atoms with Gasteiger partial charge in [0.2, 0.25) is 0 Å². The summed E-state index contributed by atoms with van der Waals surface area (Å²) in [7, 11) is 0. The molecule has 0 amide bonds. The normalized spacial score (nSPS) is 39.0. The van der Waals surface area contributed by atoms with Crippen molar-refractivity contribution in [2.75, 3.05) is 13.2 Å². The third-order valence-corrected chi connectivity index (χ3v) is 3.45. The zero-order valence-corrected chi connectivity index (χ0v) is 13.3. The van der Waals surface area contributed by atoms with Gasteiger partial charge in [-0.1, -0.05) is 0 Å². The lowest BCUT2D eigenvalue weighted by Crippen LogP contribution is -2.50. The van der Waals surface area contributed by atoms with E-state index in [0.29, 0.717) is 13.2 Å². The molecule has 2 bridgehead atoms. The van der Waals surface area contributed by atoms with Crippen molar-refractivity contribution >= 4 is 0 Å². The first kappa shape index (κ1) is 15.2. The summed E-state index contributed by atoms with van der Waals surface area (Å²) in [6, 6.07) is 0. The summed E-state index contributed by atoms with van der Waals surface area (Å²) in [6.07, 6.45) is 0.0253. The number of fused-ring (bicyclic) bond motifs is 2. The lowest BCUT2D eigenvalue weighted by atomic mass is 9.97. The van der Waals surface area contributed by atoms with E-state index in [2.05, 4.69) is 41.5 Å². The van der Waals surface area contributed by atoms with E-state index in [0.717, 1.165) is 0 Å². The Balaban J connectivity index is 2.12. The molecule has 0 aromatic rings. The molecule has 0 aromatic heterocycles. The highest BCUT2D eigenvalue weighted by molar-refractivity contribution is 5.09. The molecule has 4 nitrogen and oxygen atoms in total. The van der Waals surface area contributed by atoms with Crippen LogP contribution in [0.3, 0.4) is 0 Å². The second kappa shape index (κ2) is 4.69. The minimum absolute atomic E-state index is 0.0165. The molecule has 4 atom stereocenters. The summed E-state index contributed by atoms with van der Waals surface area (Å²) < 4.78 is 24.1. The quantitative estimate of drug-likeness (QED) is 0.791. The van der Waals surface area contributed by atoms with E-state index in [4.69, 9.17) is 18.9 Å². The maximum Gasteiger partial charge on any atom is 0.144 e. The van der Waals surface area contributed by atoms with Crippen molar-refractivity contribution in [3.63, 3.8) is 0 Å². The van der Waals surface area contributed by atoms with E-state index in [1.54, 1.807) is 0 Å². The minimum Gasteiger partial charge on any atom is -0.373 e. The highest BCUT2D eigenvalue weighted by Gasteiger charge is 2.62. The van der Waals surface area contributed by atoms with Crippen LogP contribution in [0, 0.1) is 0 Å². The third kappa shape index (κ3) is 3.30. The van der Waals surface area contributed by atoms with Crippen molar-refractivity contribution in [1.29, 1.82) is 0 Å². The highest BCUT2D eigenvalue weighted by Crippen LogP contribution is 2.43. The Hall–Kier alpha value is -0.160. The number of rotatable bonds is 3. The SMILES string of the molecule is C[C@@H]1O[C@@]2(COC(C)(C)C)CO[C@@H]1[C@@H]2OC(C)(C)C. The maximum absolute atomic E-state index is 6.19. The Morgan fingerprint density at radius 2 is 1.74 bits per heavy atom. The second-order valence-electron chi connectivity index (χ2n) is 7.72. The van der Waals surface area contributed by atoms with Gasteiger partial charge in [0.15, 0.2) is 0 Å². The van der Waals surface area contributed by atoms with Gasteiger partial charge in [-0.15, -0.1) is 0 Å². The molecule has 0 saturated carbocycles. The van der Waals surface area contributed by atoms with E-state index in [9.17, 15) is 0 Å². The molecule has 0 unspecified atom stereocenters. The zero-order valence-electron chi connectivity index (χ0n) is 13.3. The second-order valence-corrected chi connectivity index (χ2v) is 7.72. The van der Waals surface area contributed by atoms with E-state index < -0.39 is 5.60 Å². The van der Waals surface area contributed by atoms with Crippen LogP contribution in [0.2, 0.25) is 0 Å². The van der Waals surface area contributed by atoms with E-state index >= 15 is 0 Å². The summed E-state index contributed by atoms with van der Waals surface area (Å²) in [4.78, 5) is 0. The lowest BCUT2D eigenvalue weighted by Gasteiger charge is -2.35.